The summed E-state index contributed by atoms with van der Waals surface area (Å²) >= 11 is 0. The van der Waals surface area contributed by atoms with Crippen molar-refractivity contribution in [3.8, 4) is 17.3 Å². The molecule has 0 bridgehead atoms. The lowest BCUT2D eigenvalue weighted by Crippen LogP contribution is -2.36. The lowest BCUT2D eigenvalue weighted by atomic mass is 10.1. The number of amides is 2. The summed E-state index contributed by atoms with van der Waals surface area (Å²) in [5.74, 6) is 0.295. The molecule has 1 aliphatic rings. The second-order valence-electron chi connectivity index (χ2n) is 6.72. The first-order valence-corrected chi connectivity index (χ1v) is 9.36. The number of carbonyl (C=O) groups excluding carboxylic acids is 1. The van der Waals surface area contributed by atoms with Crippen LogP contribution >= 0.6 is 0 Å². The van der Waals surface area contributed by atoms with Crippen molar-refractivity contribution in [2.45, 2.75) is 13.0 Å². The van der Waals surface area contributed by atoms with Gasteiger partial charge in [-0.15, -0.1) is 0 Å². The molecular formula is C23H18N6O. The highest BCUT2D eigenvalue weighted by Gasteiger charge is 2.15. The van der Waals surface area contributed by atoms with Gasteiger partial charge in [0.15, 0.2) is 5.82 Å². The zero-order valence-corrected chi connectivity index (χ0v) is 16.2. The van der Waals surface area contributed by atoms with Gasteiger partial charge < -0.3 is 5.32 Å². The van der Waals surface area contributed by atoms with Gasteiger partial charge in [0.2, 0.25) is 0 Å². The third-order valence-corrected chi connectivity index (χ3v) is 4.68. The minimum Gasteiger partial charge on any atom is -0.331 e. The van der Waals surface area contributed by atoms with E-state index < -0.39 is 0 Å². The summed E-state index contributed by atoms with van der Waals surface area (Å²) in [7, 11) is 0. The molecule has 2 heterocycles. The van der Waals surface area contributed by atoms with E-state index >= 15 is 0 Å². The Morgan fingerprint density at radius 1 is 1.17 bits per heavy atom. The zero-order valence-electron chi connectivity index (χ0n) is 16.2. The number of fused-ring (bicyclic) bond motifs is 1. The predicted molar refractivity (Wildman–Crippen MR) is 114 cm³/mol. The van der Waals surface area contributed by atoms with Gasteiger partial charge in [-0.2, -0.15) is 10.4 Å². The number of H-pyrrole nitrogens is 1. The number of hydrogen-bond donors (Lipinski definition) is 3. The fraction of sp³-hybridized carbons (Fsp3) is 0.0870. The van der Waals surface area contributed by atoms with Crippen molar-refractivity contribution in [1.82, 2.24) is 20.8 Å². The number of aromatic nitrogens is 2. The van der Waals surface area contributed by atoms with Gasteiger partial charge in [0.1, 0.15) is 5.69 Å². The number of nitrogens with one attached hydrogen (secondary N) is 3. The van der Waals surface area contributed by atoms with Crippen molar-refractivity contribution in [3.63, 3.8) is 0 Å². The van der Waals surface area contributed by atoms with E-state index in [9.17, 15) is 4.79 Å². The van der Waals surface area contributed by atoms with Crippen LogP contribution in [0.1, 0.15) is 35.3 Å². The maximum absolute atomic E-state index is 12.3. The Bertz CT molecular complexity index is 1210. The van der Waals surface area contributed by atoms with Gasteiger partial charge in [-0.05, 0) is 24.6 Å². The second kappa shape index (κ2) is 8.31. The third kappa shape index (κ3) is 4.04. The fourth-order valence-corrected chi connectivity index (χ4v) is 3.07. The quantitative estimate of drug-likeness (QED) is 0.584. The van der Waals surface area contributed by atoms with Gasteiger partial charge in [-0.3, -0.25) is 10.4 Å². The van der Waals surface area contributed by atoms with Crippen LogP contribution < -0.4 is 10.6 Å². The number of benzene rings is 2. The number of rotatable bonds is 4. The smallest absolute Gasteiger partial charge is 0.321 e. The average molecular weight is 394 g/mol. The van der Waals surface area contributed by atoms with E-state index in [1.165, 1.54) is 0 Å². The molecule has 0 radical (unpaired) electrons. The Balaban J connectivity index is 1.48. The van der Waals surface area contributed by atoms with Crippen LogP contribution in [0.5, 0.6) is 0 Å². The minimum absolute atomic E-state index is 0.148. The summed E-state index contributed by atoms with van der Waals surface area (Å²) in [6.45, 7) is 1.91. The molecule has 0 unspecified atom stereocenters. The first kappa shape index (κ1) is 18.9. The van der Waals surface area contributed by atoms with Crippen LogP contribution in [0.15, 0.2) is 71.1 Å². The Labute approximate surface area is 173 Å². The molecule has 1 aliphatic heterocycles. The molecule has 1 atom stereocenters. The van der Waals surface area contributed by atoms with E-state index in [2.05, 4.69) is 37.6 Å². The molecule has 2 aromatic carbocycles. The SMILES string of the molecule is C[C@@H](NC(=O)NC1=C=Cc2[nH]nc(-c3ccc(C#N)cc3)c2C=N1)c1ccccc1. The number of hydrogen-bond acceptors (Lipinski definition) is 4. The summed E-state index contributed by atoms with van der Waals surface area (Å²) in [6.07, 6.45) is 3.33. The van der Waals surface area contributed by atoms with E-state index in [0.29, 0.717) is 17.1 Å². The molecule has 0 aliphatic carbocycles. The molecule has 0 saturated heterocycles. The summed E-state index contributed by atoms with van der Waals surface area (Å²) in [6, 6.07) is 18.4. The van der Waals surface area contributed by atoms with Crippen molar-refractivity contribution in [2.24, 2.45) is 4.99 Å². The Morgan fingerprint density at radius 2 is 1.93 bits per heavy atom. The highest BCUT2D eigenvalue weighted by Crippen LogP contribution is 2.24. The number of urea groups is 1. The summed E-state index contributed by atoms with van der Waals surface area (Å²) in [4.78, 5) is 16.7. The van der Waals surface area contributed by atoms with E-state index in [1.54, 1.807) is 24.4 Å². The number of aliphatic imine (C=N–C) groups is 1. The normalized spacial score (nSPS) is 12.9. The topological polar surface area (TPSA) is 106 Å². The largest absolute Gasteiger partial charge is 0.331 e. The molecular weight excluding hydrogens is 376 g/mol. The van der Waals surface area contributed by atoms with Gasteiger partial charge in [-0.25, -0.2) is 9.79 Å². The van der Waals surface area contributed by atoms with Crippen LogP contribution in [0, 0.1) is 11.3 Å². The van der Waals surface area contributed by atoms with Gasteiger partial charge in [0, 0.05) is 23.4 Å². The maximum Gasteiger partial charge on any atom is 0.321 e. The Morgan fingerprint density at radius 3 is 2.67 bits per heavy atom. The Kier molecular flexibility index (Phi) is 5.25. The van der Waals surface area contributed by atoms with Gasteiger partial charge >= 0.3 is 6.03 Å². The van der Waals surface area contributed by atoms with E-state index in [-0.39, 0.29) is 12.1 Å². The van der Waals surface area contributed by atoms with Crippen LogP contribution in [-0.2, 0) is 0 Å². The lowest BCUT2D eigenvalue weighted by Gasteiger charge is -2.14. The highest BCUT2D eigenvalue weighted by molar-refractivity contribution is 5.94. The highest BCUT2D eigenvalue weighted by atomic mass is 16.2. The van der Waals surface area contributed by atoms with E-state index in [1.807, 2.05) is 49.4 Å². The van der Waals surface area contributed by atoms with Crippen molar-refractivity contribution >= 4 is 18.3 Å². The molecule has 3 N–H and O–H groups in total. The summed E-state index contributed by atoms with van der Waals surface area (Å²) in [5.41, 5.74) is 7.64. The summed E-state index contributed by atoms with van der Waals surface area (Å²) < 4.78 is 0. The van der Waals surface area contributed by atoms with Crippen LogP contribution in [-0.4, -0.2) is 22.4 Å². The lowest BCUT2D eigenvalue weighted by molar-refractivity contribution is 0.240. The van der Waals surface area contributed by atoms with Crippen molar-refractivity contribution in [2.75, 3.05) is 0 Å². The monoisotopic (exact) mass is 394 g/mol. The van der Waals surface area contributed by atoms with E-state index in [0.717, 1.165) is 22.4 Å². The third-order valence-electron chi connectivity index (χ3n) is 4.68. The number of nitriles is 1. The average Bonchev–Trinajstić information content (AvgIpc) is 3.08. The van der Waals surface area contributed by atoms with Crippen molar-refractivity contribution in [1.29, 1.82) is 5.26 Å². The molecule has 30 heavy (non-hydrogen) atoms. The van der Waals surface area contributed by atoms with Crippen LogP contribution in [0.25, 0.3) is 17.3 Å². The molecule has 0 fully saturated rings. The molecule has 146 valence electrons. The molecule has 7 nitrogen and oxygen atoms in total. The Hall–Kier alpha value is -4.40. The van der Waals surface area contributed by atoms with Gasteiger partial charge in [0.05, 0.1) is 23.4 Å². The molecule has 1 aromatic heterocycles. The summed E-state index contributed by atoms with van der Waals surface area (Å²) in [5, 5.41) is 21.9. The first-order chi connectivity index (χ1) is 14.6. The number of nitrogens with zero attached hydrogens (tertiary/aromatic N) is 3. The van der Waals surface area contributed by atoms with Crippen LogP contribution in [0.3, 0.4) is 0 Å². The second-order valence-corrected chi connectivity index (χ2v) is 6.72. The predicted octanol–water partition coefficient (Wildman–Crippen LogP) is 3.89. The maximum atomic E-state index is 12.3. The molecule has 0 spiro atoms. The first-order valence-electron chi connectivity index (χ1n) is 9.36. The van der Waals surface area contributed by atoms with E-state index in [4.69, 9.17) is 5.26 Å². The molecule has 3 aromatic rings. The van der Waals surface area contributed by atoms with Gasteiger partial charge in [0.25, 0.3) is 0 Å². The van der Waals surface area contributed by atoms with Gasteiger partial charge in [-0.1, -0.05) is 48.2 Å². The van der Waals surface area contributed by atoms with Crippen LogP contribution in [0.4, 0.5) is 4.79 Å². The van der Waals surface area contributed by atoms with Crippen molar-refractivity contribution in [3.05, 3.63) is 88.5 Å². The molecule has 0 saturated carbocycles. The fourth-order valence-electron chi connectivity index (χ4n) is 3.07. The molecule has 4 rings (SSSR count). The number of aromatic amines is 1. The molecule has 7 heteroatoms. The zero-order chi connectivity index (χ0) is 20.9. The van der Waals surface area contributed by atoms with Crippen molar-refractivity contribution < 1.29 is 4.79 Å². The standard InChI is InChI=1S/C23H18N6O/c1-15(17-5-3-2-4-6-17)26-23(30)27-21-12-11-20-19(14-25-21)22(29-28-20)18-9-7-16(13-24)8-10-18/h2-11,14-15H,1H3,(H,28,29)(H2,26,27,30)/t15-/m1/s1. The minimum atomic E-state index is -0.365. The van der Waals surface area contributed by atoms with Crippen LogP contribution in [0.2, 0.25) is 0 Å². The number of carbonyl (C=O) groups is 1. The molecule has 2 amide bonds.